The molecular formula is C23H38O6. The summed E-state index contributed by atoms with van der Waals surface area (Å²) in [6.45, 7) is 9.14. The van der Waals surface area contributed by atoms with Crippen LogP contribution in [0.3, 0.4) is 0 Å². The maximum absolute atomic E-state index is 13.2. The van der Waals surface area contributed by atoms with Crippen LogP contribution in [0.1, 0.15) is 85.5 Å². The molecule has 3 rings (SSSR count). The van der Waals surface area contributed by atoms with E-state index in [0.717, 1.165) is 6.42 Å². The van der Waals surface area contributed by atoms with Crippen LogP contribution >= 0.6 is 0 Å². The van der Waals surface area contributed by atoms with Crippen molar-refractivity contribution in [2.24, 2.45) is 16.7 Å². The summed E-state index contributed by atoms with van der Waals surface area (Å²) in [5, 5.41) is 11.4. The normalized spacial score (nSPS) is 35.9. The summed E-state index contributed by atoms with van der Waals surface area (Å²) in [6.07, 6.45) is 5.34. The Hall–Kier alpha value is -0.980. The molecular weight excluding hydrogens is 372 g/mol. The number of carbonyl (C=O) groups excluding carboxylic acids is 2. The first-order chi connectivity index (χ1) is 13.7. The van der Waals surface area contributed by atoms with Crippen molar-refractivity contribution in [2.45, 2.75) is 96.9 Å². The van der Waals surface area contributed by atoms with E-state index in [4.69, 9.17) is 14.2 Å². The number of rotatable bonds is 7. The van der Waals surface area contributed by atoms with Gasteiger partial charge in [0.15, 0.2) is 5.79 Å². The molecule has 6 heteroatoms. The van der Waals surface area contributed by atoms with Gasteiger partial charge in [0, 0.05) is 32.5 Å². The third kappa shape index (κ3) is 3.66. The number of ether oxygens (including phenoxy) is 3. The molecule has 1 N–H and O–H groups in total. The molecule has 29 heavy (non-hydrogen) atoms. The first kappa shape index (κ1) is 22.7. The van der Waals surface area contributed by atoms with Gasteiger partial charge in [-0.2, -0.15) is 0 Å². The van der Waals surface area contributed by atoms with Crippen LogP contribution in [0.15, 0.2) is 0 Å². The molecule has 0 aromatic carbocycles. The lowest BCUT2D eigenvalue weighted by atomic mass is 9.54. The highest BCUT2D eigenvalue weighted by Crippen LogP contribution is 2.60. The van der Waals surface area contributed by atoms with E-state index in [-0.39, 0.29) is 17.7 Å². The highest BCUT2D eigenvalue weighted by atomic mass is 16.7. The number of fused-ring (bicyclic) bond motifs is 1. The van der Waals surface area contributed by atoms with Crippen LogP contribution < -0.4 is 0 Å². The van der Waals surface area contributed by atoms with Crippen LogP contribution in [-0.2, 0) is 23.8 Å². The van der Waals surface area contributed by atoms with Gasteiger partial charge in [-0.3, -0.25) is 9.59 Å². The summed E-state index contributed by atoms with van der Waals surface area (Å²) in [7, 11) is 0. The lowest BCUT2D eigenvalue weighted by Crippen LogP contribution is -2.56. The molecule has 0 spiro atoms. The van der Waals surface area contributed by atoms with E-state index in [1.165, 1.54) is 0 Å². The van der Waals surface area contributed by atoms with Crippen molar-refractivity contribution >= 4 is 11.8 Å². The zero-order valence-corrected chi connectivity index (χ0v) is 18.6. The first-order valence-electron chi connectivity index (χ1n) is 11.4. The summed E-state index contributed by atoms with van der Waals surface area (Å²) in [5.41, 5.74) is -2.33. The summed E-state index contributed by atoms with van der Waals surface area (Å²) in [5.74, 6) is -0.628. The van der Waals surface area contributed by atoms with Gasteiger partial charge in [-0.1, -0.05) is 0 Å². The second-order valence-corrected chi connectivity index (χ2v) is 9.38. The lowest BCUT2D eigenvalue weighted by Gasteiger charge is -2.53. The molecule has 0 heterocycles. The van der Waals surface area contributed by atoms with Gasteiger partial charge in [-0.25, -0.2) is 0 Å². The van der Waals surface area contributed by atoms with Crippen molar-refractivity contribution in [3.63, 3.8) is 0 Å². The van der Waals surface area contributed by atoms with Gasteiger partial charge in [-0.15, -0.1) is 0 Å². The molecule has 3 aliphatic rings. The number of Topliss-reactive ketones (excluding diaryl/α,β-unsaturated/α-hetero) is 1. The standard InChI is InChI=1S/C23H38O6/c1-5-27-19(25)21(12-14-23(15-13-21,28-6-2)29-7-3)17-8-10-20(4)18(24)9-11-22(20,26)16-17/h17,26H,5-16H2,1-4H3/t17-,20-,22+/m1/s1. The second kappa shape index (κ2) is 8.27. The van der Waals surface area contributed by atoms with E-state index < -0.39 is 22.2 Å². The summed E-state index contributed by atoms with van der Waals surface area (Å²) < 4.78 is 17.5. The molecule has 0 amide bonds. The maximum Gasteiger partial charge on any atom is 0.312 e. The van der Waals surface area contributed by atoms with E-state index in [2.05, 4.69) is 0 Å². The lowest BCUT2D eigenvalue weighted by molar-refractivity contribution is -0.263. The molecule has 0 unspecified atom stereocenters. The first-order valence-corrected chi connectivity index (χ1v) is 11.4. The van der Waals surface area contributed by atoms with E-state index in [9.17, 15) is 14.7 Å². The topological polar surface area (TPSA) is 82.1 Å². The van der Waals surface area contributed by atoms with Gasteiger partial charge in [-0.05, 0) is 72.1 Å². The summed E-state index contributed by atoms with van der Waals surface area (Å²) in [6, 6.07) is 0. The molecule has 3 saturated carbocycles. The molecule has 0 saturated heterocycles. The number of hydrogen-bond acceptors (Lipinski definition) is 6. The van der Waals surface area contributed by atoms with Crippen molar-refractivity contribution in [2.75, 3.05) is 19.8 Å². The van der Waals surface area contributed by atoms with E-state index in [0.29, 0.717) is 71.2 Å². The number of hydrogen-bond donors (Lipinski definition) is 1. The minimum atomic E-state index is -1.01. The Morgan fingerprint density at radius 1 is 1.00 bits per heavy atom. The summed E-state index contributed by atoms with van der Waals surface area (Å²) in [4.78, 5) is 25.7. The van der Waals surface area contributed by atoms with Crippen molar-refractivity contribution in [1.82, 2.24) is 0 Å². The van der Waals surface area contributed by atoms with Gasteiger partial charge in [0.05, 0.1) is 23.0 Å². The van der Waals surface area contributed by atoms with Crippen molar-refractivity contribution in [3.8, 4) is 0 Å². The van der Waals surface area contributed by atoms with Crippen LogP contribution in [0.2, 0.25) is 0 Å². The molecule has 3 fully saturated rings. The number of ketones is 1. The number of esters is 1. The Balaban J connectivity index is 1.86. The molecule has 166 valence electrons. The maximum atomic E-state index is 13.2. The Bertz CT molecular complexity index is 615. The Labute approximate surface area is 174 Å². The molecule has 6 nitrogen and oxygen atoms in total. The molecule has 0 aliphatic heterocycles. The molecule has 0 bridgehead atoms. The van der Waals surface area contributed by atoms with E-state index >= 15 is 0 Å². The van der Waals surface area contributed by atoms with Gasteiger partial charge in [0.2, 0.25) is 0 Å². The van der Waals surface area contributed by atoms with E-state index in [1.54, 1.807) is 0 Å². The van der Waals surface area contributed by atoms with Crippen LogP contribution in [0.4, 0.5) is 0 Å². The zero-order chi connectivity index (χ0) is 21.3. The van der Waals surface area contributed by atoms with E-state index in [1.807, 2.05) is 27.7 Å². The van der Waals surface area contributed by atoms with Crippen LogP contribution in [0.25, 0.3) is 0 Å². The fourth-order valence-corrected chi connectivity index (χ4v) is 6.26. The van der Waals surface area contributed by atoms with Crippen molar-refractivity contribution < 1.29 is 28.9 Å². The molecule has 3 atom stereocenters. The molecule has 0 radical (unpaired) electrons. The van der Waals surface area contributed by atoms with Crippen molar-refractivity contribution in [1.29, 1.82) is 0 Å². The van der Waals surface area contributed by atoms with Crippen LogP contribution in [0, 0.1) is 16.7 Å². The zero-order valence-electron chi connectivity index (χ0n) is 18.6. The largest absolute Gasteiger partial charge is 0.466 e. The Morgan fingerprint density at radius 2 is 1.62 bits per heavy atom. The third-order valence-corrected chi connectivity index (χ3v) is 8.17. The van der Waals surface area contributed by atoms with Gasteiger partial charge >= 0.3 is 5.97 Å². The average molecular weight is 411 g/mol. The molecule has 3 aliphatic carbocycles. The van der Waals surface area contributed by atoms with Crippen LogP contribution in [0.5, 0.6) is 0 Å². The SMILES string of the molecule is CCOC(=O)C1([C@@H]2CC[C@]3(C)C(=O)CC[C@]3(O)C2)CCC(OCC)(OCC)CC1. The van der Waals surface area contributed by atoms with Crippen molar-refractivity contribution in [3.05, 3.63) is 0 Å². The highest BCUT2D eigenvalue weighted by Gasteiger charge is 2.63. The second-order valence-electron chi connectivity index (χ2n) is 9.38. The average Bonchev–Trinajstić information content (AvgIpc) is 2.93. The predicted molar refractivity (Wildman–Crippen MR) is 108 cm³/mol. The quantitative estimate of drug-likeness (QED) is 0.508. The smallest absolute Gasteiger partial charge is 0.312 e. The summed E-state index contributed by atoms with van der Waals surface area (Å²) >= 11 is 0. The minimum Gasteiger partial charge on any atom is -0.466 e. The monoisotopic (exact) mass is 410 g/mol. The fraction of sp³-hybridized carbons (Fsp3) is 0.913. The fourth-order valence-electron chi connectivity index (χ4n) is 6.26. The van der Waals surface area contributed by atoms with Gasteiger partial charge < -0.3 is 19.3 Å². The molecule has 0 aromatic heterocycles. The number of carbonyl (C=O) groups is 2. The van der Waals surface area contributed by atoms with Gasteiger partial charge in [0.25, 0.3) is 0 Å². The Kier molecular flexibility index (Phi) is 6.48. The third-order valence-electron chi connectivity index (χ3n) is 8.17. The molecule has 0 aromatic rings. The van der Waals surface area contributed by atoms with Gasteiger partial charge in [0.1, 0.15) is 5.78 Å². The predicted octanol–water partition coefficient (Wildman–Crippen LogP) is 3.78. The highest BCUT2D eigenvalue weighted by molar-refractivity contribution is 5.88. The Morgan fingerprint density at radius 3 is 2.17 bits per heavy atom. The van der Waals surface area contributed by atoms with Crippen LogP contribution in [-0.4, -0.2) is 48.1 Å². The minimum absolute atomic E-state index is 0.00628. The number of aliphatic hydroxyl groups is 1.